The van der Waals surface area contributed by atoms with Gasteiger partial charge in [-0.05, 0) is 36.4 Å². The first-order chi connectivity index (χ1) is 21.4. The van der Waals surface area contributed by atoms with Gasteiger partial charge in [0.2, 0.25) is 0 Å². The fraction of sp³-hybridized carbons (Fsp3) is 0.188. The zero-order chi connectivity index (χ0) is 31.1. The van der Waals surface area contributed by atoms with Crippen molar-refractivity contribution in [1.82, 2.24) is 10.3 Å². The van der Waals surface area contributed by atoms with Crippen molar-refractivity contribution in [3.05, 3.63) is 95.7 Å². The number of ether oxygens (including phenoxy) is 1. The quantitative estimate of drug-likeness (QED) is 0.213. The standard InChI is InChI=1S/C32H31N7O4S/c1-34-31(40)23-7-3-6-10-26(23)38-32(41)24-8-4-5-9-25(24)36-28-18-30(35-20-21(28)19-33)37-27-12-11-22(17-29(27)43-2)39-13-15-44(42)16-14-39/h3-12,17-18,20H,13-16H2,1-2H3,(H,34,40)(H,38,41)(H2,35,36,37). The van der Waals surface area contributed by atoms with Crippen molar-refractivity contribution in [2.45, 2.75) is 0 Å². The van der Waals surface area contributed by atoms with E-state index in [9.17, 15) is 19.1 Å². The number of nitriles is 1. The van der Waals surface area contributed by atoms with E-state index in [0.717, 1.165) is 18.8 Å². The summed E-state index contributed by atoms with van der Waals surface area (Å²) in [7, 11) is 2.34. The fourth-order valence-electron chi connectivity index (χ4n) is 4.78. The maximum Gasteiger partial charge on any atom is 0.257 e. The fourth-order valence-corrected chi connectivity index (χ4v) is 5.83. The molecule has 11 nitrogen and oxygen atoms in total. The molecule has 0 saturated carbocycles. The van der Waals surface area contributed by atoms with E-state index in [1.165, 1.54) is 13.2 Å². The summed E-state index contributed by atoms with van der Waals surface area (Å²) >= 11 is 0. The SMILES string of the molecule is CNC(=O)c1ccccc1NC(=O)c1ccccc1Nc1cc(Nc2ccc(N3CCS(=O)CC3)cc2OC)ncc1C#N. The zero-order valence-electron chi connectivity index (χ0n) is 24.2. The number of amides is 2. The molecular formula is C32H31N7O4S. The van der Waals surface area contributed by atoms with E-state index in [1.54, 1.807) is 61.7 Å². The number of methoxy groups -OCH3 is 1. The summed E-state index contributed by atoms with van der Waals surface area (Å²) in [6.07, 6.45) is 1.45. The Morgan fingerprint density at radius 3 is 2.25 bits per heavy atom. The lowest BCUT2D eigenvalue weighted by Crippen LogP contribution is -2.37. The average Bonchev–Trinajstić information content (AvgIpc) is 3.05. The van der Waals surface area contributed by atoms with Crippen LogP contribution in [0.25, 0.3) is 0 Å². The molecule has 1 aliphatic rings. The Morgan fingerprint density at radius 2 is 1.57 bits per heavy atom. The Labute approximate surface area is 257 Å². The number of rotatable bonds is 9. The van der Waals surface area contributed by atoms with Gasteiger partial charge >= 0.3 is 0 Å². The van der Waals surface area contributed by atoms with Gasteiger partial charge in [-0.3, -0.25) is 13.8 Å². The Morgan fingerprint density at radius 1 is 0.886 bits per heavy atom. The van der Waals surface area contributed by atoms with Gasteiger partial charge < -0.3 is 30.9 Å². The van der Waals surface area contributed by atoms with Crippen molar-refractivity contribution >= 4 is 56.9 Å². The van der Waals surface area contributed by atoms with Crippen LogP contribution in [0.1, 0.15) is 26.3 Å². The second-order valence-electron chi connectivity index (χ2n) is 9.82. The molecule has 0 atom stereocenters. The zero-order valence-corrected chi connectivity index (χ0v) is 25.0. The predicted molar refractivity (Wildman–Crippen MR) is 173 cm³/mol. The topological polar surface area (TPSA) is 148 Å². The number of carbonyl (C=O) groups excluding carboxylic acids is 2. The Balaban J connectivity index is 1.38. The highest BCUT2D eigenvalue weighted by molar-refractivity contribution is 7.85. The minimum absolute atomic E-state index is 0.278. The minimum Gasteiger partial charge on any atom is -0.494 e. The lowest BCUT2D eigenvalue weighted by molar-refractivity contribution is 0.0964. The van der Waals surface area contributed by atoms with Crippen LogP contribution in [0.15, 0.2) is 79.0 Å². The third-order valence-electron chi connectivity index (χ3n) is 7.10. The molecule has 0 spiro atoms. The van der Waals surface area contributed by atoms with Gasteiger partial charge in [-0.2, -0.15) is 5.26 Å². The molecule has 1 fully saturated rings. The maximum atomic E-state index is 13.4. The monoisotopic (exact) mass is 609 g/mol. The molecule has 12 heteroatoms. The van der Waals surface area contributed by atoms with Crippen LogP contribution in [0.5, 0.6) is 5.75 Å². The van der Waals surface area contributed by atoms with E-state index in [1.807, 2.05) is 18.2 Å². The molecule has 0 bridgehead atoms. The molecule has 0 unspecified atom stereocenters. The minimum atomic E-state index is -0.769. The Hall–Kier alpha value is -5.41. The van der Waals surface area contributed by atoms with Crippen LogP contribution < -0.4 is 30.9 Å². The van der Waals surface area contributed by atoms with Gasteiger partial charge in [0.1, 0.15) is 17.6 Å². The highest BCUT2D eigenvalue weighted by atomic mass is 32.2. The van der Waals surface area contributed by atoms with Crippen molar-refractivity contribution in [2.75, 3.05) is 59.6 Å². The first-order valence-electron chi connectivity index (χ1n) is 13.8. The second kappa shape index (κ2) is 13.7. The number of carbonyl (C=O) groups is 2. The normalized spacial score (nSPS) is 13.0. The van der Waals surface area contributed by atoms with E-state index in [4.69, 9.17) is 4.74 Å². The highest BCUT2D eigenvalue weighted by Gasteiger charge is 2.19. The number of anilines is 6. The molecule has 5 rings (SSSR count). The number of para-hydroxylation sites is 2. The van der Waals surface area contributed by atoms with E-state index in [-0.39, 0.29) is 11.5 Å². The Kier molecular flexibility index (Phi) is 9.37. The molecule has 224 valence electrons. The molecule has 2 amide bonds. The van der Waals surface area contributed by atoms with Crippen LogP contribution in [0.4, 0.5) is 34.3 Å². The van der Waals surface area contributed by atoms with Gasteiger partial charge in [0.15, 0.2) is 0 Å². The molecule has 0 aliphatic carbocycles. The van der Waals surface area contributed by atoms with E-state index < -0.39 is 16.7 Å². The largest absolute Gasteiger partial charge is 0.494 e. The van der Waals surface area contributed by atoms with Crippen LogP contribution in [-0.4, -0.2) is 59.8 Å². The number of hydrogen-bond donors (Lipinski definition) is 4. The number of nitrogens with one attached hydrogen (secondary N) is 4. The molecule has 1 saturated heterocycles. The van der Waals surface area contributed by atoms with Crippen molar-refractivity contribution in [3.8, 4) is 11.8 Å². The van der Waals surface area contributed by atoms with Crippen LogP contribution >= 0.6 is 0 Å². The summed E-state index contributed by atoms with van der Waals surface area (Å²) < 4.78 is 17.4. The molecule has 44 heavy (non-hydrogen) atoms. The molecule has 1 aliphatic heterocycles. The molecule has 3 aromatic carbocycles. The van der Waals surface area contributed by atoms with E-state index in [0.29, 0.717) is 56.9 Å². The van der Waals surface area contributed by atoms with Crippen LogP contribution in [0.3, 0.4) is 0 Å². The van der Waals surface area contributed by atoms with Gasteiger partial charge in [0, 0.05) is 66.5 Å². The van der Waals surface area contributed by atoms with Crippen LogP contribution in [0, 0.1) is 11.3 Å². The number of pyridine rings is 1. The van der Waals surface area contributed by atoms with Gasteiger partial charge in [-0.25, -0.2) is 4.98 Å². The highest BCUT2D eigenvalue weighted by Crippen LogP contribution is 2.34. The smallest absolute Gasteiger partial charge is 0.257 e. The van der Waals surface area contributed by atoms with Crippen molar-refractivity contribution < 1.29 is 18.5 Å². The van der Waals surface area contributed by atoms with Crippen molar-refractivity contribution in [3.63, 3.8) is 0 Å². The average molecular weight is 610 g/mol. The molecule has 1 aromatic heterocycles. The molecule has 0 radical (unpaired) electrons. The van der Waals surface area contributed by atoms with Gasteiger partial charge in [-0.15, -0.1) is 0 Å². The number of aromatic nitrogens is 1. The Bertz CT molecular complexity index is 1760. The summed E-state index contributed by atoms with van der Waals surface area (Å²) in [6.45, 7) is 1.43. The second-order valence-corrected chi connectivity index (χ2v) is 11.5. The summed E-state index contributed by atoms with van der Waals surface area (Å²) in [4.78, 5) is 32.3. The van der Waals surface area contributed by atoms with Crippen molar-refractivity contribution in [1.29, 1.82) is 5.26 Å². The molecular weight excluding hydrogens is 578 g/mol. The predicted octanol–water partition coefficient (Wildman–Crippen LogP) is 4.63. The van der Waals surface area contributed by atoms with E-state index >= 15 is 0 Å². The molecule has 2 heterocycles. The maximum absolute atomic E-state index is 13.4. The number of nitrogens with zero attached hydrogens (tertiary/aromatic N) is 3. The first kappa shape index (κ1) is 30.1. The summed E-state index contributed by atoms with van der Waals surface area (Å²) in [5.41, 5.74) is 3.85. The number of benzene rings is 3. The van der Waals surface area contributed by atoms with Gasteiger partial charge in [-0.1, -0.05) is 24.3 Å². The molecule has 4 N–H and O–H groups in total. The molecule has 4 aromatic rings. The summed E-state index contributed by atoms with van der Waals surface area (Å²) in [5.74, 6) is 1.59. The van der Waals surface area contributed by atoms with Gasteiger partial charge in [0.25, 0.3) is 11.8 Å². The lowest BCUT2D eigenvalue weighted by atomic mass is 10.1. The van der Waals surface area contributed by atoms with Crippen molar-refractivity contribution in [2.24, 2.45) is 0 Å². The summed E-state index contributed by atoms with van der Waals surface area (Å²) in [5, 5.41) is 21.7. The third kappa shape index (κ3) is 6.79. The third-order valence-corrected chi connectivity index (χ3v) is 8.38. The van der Waals surface area contributed by atoms with Gasteiger partial charge in [0.05, 0.1) is 46.5 Å². The van der Waals surface area contributed by atoms with E-state index in [2.05, 4.69) is 37.2 Å². The lowest BCUT2D eigenvalue weighted by Gasteiger charge is -2.29. The van der Waals surface area contributed by atoms with Crippen LogP contribution in [-0.2, 0) is 10.8 Å². The summed E-state index contributed by atoms with van der Waals surface area (Å²) in [6, 6.07) is 23.2. The van der Waals surface area contributed by atoms with Crippen LogP contribution in [0.2, 0.25) is 0 Å². The number of hydrogen-bond acceptors (Lipinski definition) is 9. The first-order valence-corrected chi connectivity index (χ1v) is 15.3.